The molecule has 1 aromatic rings. The van der Waals surface area contributed by atoms with Gasteiger partial charge in [-0.25, -0.2) is 0 Å². The van der Waals surface area contributed by atoms with Gasteiger partial charge in [0.15, 0.2) is 0 Å². The summed E-state index contributed by atoms with van der Waals surface area (Å²) in [5, 5.41) is 8.87. The molecule has 1 rings (SSSR count). The van der Waals surface area contributed by atoms with Gasteiger partial charge in [0.05, 0.1) is 0 Å². The monoisotopic (exact) mass is 233 g/mol. The van der Waals surface area contributed by atoms with Crippen LogP contribution < -0.4 is 11.3 Å². The van der Waals surface area contributed by atoms with Crippen molar-refractivity contribution in [3.8, 4) is 6.07 Å². The number of nitrogens with two attached hydrogens (primary N) is 1. The van der Waals surface area contributed by atoms with Gasteiger partial charge in [-0.15, -0.1) is 0 Å². The third-order valence-electron chi connectivity index (χ3n) is 2.86. The molecule has 1 aromatic heterocycles. The molecule has 0 saturated carbocycles. The zero-order valence-corrected chi connectivity index (χ0v) is 10.6. The molecule has 0 aliphatic rings. The summed E-state index contributed by atoms with van der Waals surface area (Å²) in [7, 11) is 0. The summed E-state index contributed by atoms with van der Waals surface area (Å²) in [6.07, 6.45) is 0.806. The molecule has 2 N–H and O–H groups in total. The maximum atomic E-state index is 12.1. The highest BCUT2D eigenvalue weighted by Gasteiger charge is 2.13. The van der Waals surface area contributed by atoms with Crippen molar-refractivity contribution in [1.29, 1.82) is 5.26 Å². The summed E-state index contributed by atoms with van der Waals surface area (Å²) in [5.74, 6) is 0.236. The Morgan fingerprint density at radius 1 is 1.47 bits per heavy atom. The molecule has 4 nitrogen and oxygen atoms in total. The minimum atomic E-state index is -0.234. The van der Waals surface area contributed by atoms with Crippen molar-refractivity contribution in [2.24, 2.45) is 5.73 Å². The summed E-state index contributed by atoms with van der Waals surface area (Å²) < 4.78 is 1.64. The van der Waals surface area contributed by atoms with Crippen LogP contribution in [0.5, 0.6) is 0 Å². The lowest BCUT2D eigenvalue weighted by Crippen LogP contribution is -2.34. The molecule has 0 spiro atoms. The highest BCUT2D eigenvalue weighted by Crippen LogP contribution is 2.13. The molecule has 4 heteroatoms. The van der Waals surface area contributed by atoms with E-state index in [-0.39, 0.29) is 23.1 Å². The Morgan fingerprint density at radius 3 is 2.59 bits per heavy atom. The second kappa shape index (κ2) is 5.65. The number of rotatable bonds is 4. The van der Waals surface area contributed by atoms with Crippen molar-refractivity contribution in [3.05, 3.63) is 33.7 Å². The summed E-state index contributed by atoms with van der Waals surface area (Å²) >= 11 is 0. The first-order valence-electron chi connectivity index (χ1n) is 5.90. The van der Waals surface area contributed by atoms with Crippen LogP contribution in [0, 0.1) is 11.3 Å². The number of pyridine rings is 1. The molecule has 0 bridgehead atoms. The zero-order chi connectivity index (χ0) is 13.0. The fraction of sp³-hybridized carbons (Fsp3) is 0.538. The lowest BCUT2D eigenvalue weighted by Gasteiger charge is -2.18. The van der Waals surface area contributed by atoms with Gasteiger partial charge in [0.1, 0.15) is 11.6 Å². The van der Waals surface area contributed by atoms with Gasteiger partial charge in [0.25, 0.3) is 5.56 Å². The van der Waals surface area contributed by atoms with Crippen molar-refractivity contribution in [2.45, 2.75) is 45.7 Å². The van der Waals surface area contributed by atoms with E-state index < -0.39 is 0 Å². The lowest BCUT2D eigenvalue weighted by atomic mass is 10.1. The minimum absolute atomic E-state index is 0.0563. The van der Waals surface area contributed by atoms with E-state index >= 15 is 0 Å². The van der Waals surface area contributed by atoms with Crippen LogP contribution in [0.25, 0.3) is 0 Å². The fourth-order valence-corrected chi connectivity index (χ4v) is 1.73. The second-order valence-corrected chi connectivity index (χ2v) is 4.52. The highest BCUT2D eigenvalue weighted by atomic mass is 16.1. The van der Waals surface area contributed by atoms with Crippen LogP contribution >= 0.6 is 0 Å². The third-order valence-corrected chi connectivity index (χ3v) is 2.86. The fourth-order valence-electron chi connectivity index (χ4n) is 1.73. The van der Waals surface area contributed by atoms with E-state index in [0.717, 1.165) is 12.1 Å². The van der Waals surface area contributed by atoms with E-state index in [4.69, 9.17) is 11.0 Å². The summed E-state index contributed by atoms with van der Waals surface area (Å²) in [4.78, 5) is 12.1. The molecule has 1 heterocycles. The molecule has 0 saturated heterocycles. The quantitative estimate of drug-likeness (QED) is 0.858. The molecule has 0 amide bonds. The van der Waals surface area contributed by atoms with Gasteiger partial charge >= 0.3 is 0 Å². The van der Waals surface area contributed by atoms with Crippen LogP contribution in [0.15, 0.2) is 16.9 Å². The van der Waals surface area contributed by atoms with E-state index in [9.17, 15) is 4.79 Å². The summed E-state index contributed by atoms with van der Waals surface area (Å²) in [6, 6.07) is 5.29. The van der Waals surface area contributed by atoms with E-state index in [1.54, 1.807) is 10.6 Å². The van der Waals surface area contributed by atoms with Crippen molar-refractivity contribution in [1.82, 2.24) is 4.57 Å². The molecule has 0 aliphatic carbocycles. The average Bonchev–Trinajstić information content (AvgIpc) is 2.30. The molecular weight excluding hydrogens is 214 g/mol. The zero-order valence-electron chi connectivity index (χ0n) is 10.6. The Kier molecular flexibility index (Phi) is 4.47. The number of aromatic nitrogens is 1. The Bertz CT molecular complexity index is 482. The second-order valence-electron chi connectivity index (χ2n) is 4.52. The predicted molar refractivity (Wildman–Crippen MR) is 67.8 cm³/mol. The van der Waals surface area contributed by atoms with Crippen LogP contribution in [-0.2, 0) is 6.54 Å². The van der Waals surface area contributed by atoms with E-state index in [2.05, 4.69) is 0 Å². The maximum absolute atomic E-state index is 12.1. The highest BCUT2D eigenvalue weighted by molar-refractivity contribution is 5.28. The Balaban J connectivity index is 3.31. The average molecular weight is 233 g/mol. The standard InChI is InChI=1S/C13H19N3O/c1-4-11(15)8-16-12(9(2)3)6-5-10(7-14)13(16)17/h5-6,9,11H,4,8,15H2,1-3H3. The Morgan fingerprint density at radius 2 is 2.12 bits per heavy atom. The Labute approximate surface area is 102 Å². The van der Waals surface area contributed by atoms with Crippen LogP contribution in [0.3, 0.4) is 0 Å². The number of hydrogen-bond acceptors (Lipinski definition) is 3. The summed E-state index contributed by atoms with van der Waals surface area (Å²) in [6.45, 7) is 6.50. The van der Waals surface area contributed by atoms with E-state index in [0.29, 0.717) is 6.54 Å². The normalized spacial score (nSPS) is 12.5. The van der Waals surface area contributed by atoms with Crippen LogP contribution in [-0.4, -0.2) is 10.6 Å². The molecule has 0 fully saturated rings. The third kappa shape index (κ3) is 2.95. The number of nitriles is 1. The van der Waals surface area contributed by atoms with E-state index in [1.807, 2.05) is 32.9 Å². The van der Waals surface area contributed by atoms with Gasteiger partial charge in [-0.2, -0.15) is 5.26 Å². The molecule has 1 unspecified atom stereocenters. The topological polar surface area (TPSA) is 71.8 Å². The van der Waals surface area contributed by atoms with Gasteiger partial charge in [0.2, 0.25) is 0 Å². The van der Waals surface area contributed by atoms with Gasteiger partial charge < -0.3 is 10.3 Å². The van der Waals surface area contributed by atoms with E-state index in [1.165, 1.54) is 0 Å². The Hall–Kier alpha value is -1.60. The molecular formula is C13H19N3O. The maximum Gasteiger partial charge on any atom is 0.268 e. The SMILES string of the molecule is CCC(N)Cn1c(C(C)C)ccc(C#N)c1=O. The van der Waals surface area contributed by atoms with Gasteiger partial charge in [-0.05, 0) is 24.5 Å². The molecule has 0 aromatic carbocycles. The summed E-state index contributed by atoms with van der Waals surface area (Å²) in [5.41, 5.74) is 6.77. The molecule has 0 radical (unpaired) electrons. The van der Waals surface area contributed by atoms with Gasteiger partial charge in [-0.1, -0.05) is 20.8 Å². The largest absolute Gasteiger partial charge is 0.326 e. The minimum Gasteiger partial charge on any atom is -0.326 e. The molecule has 17 heavy (non-hydrogen) atoms. The number of hydrogen-bond donors (Lipinski definition) is 1. The lowest BCUT2D eigenvalue weighted by molar-refractivity contribution is 0.503. The van der Waals surface area contributed by atoms with Crippen molar-refractivity contribution in [3.63, 3.8) is 0 Å². The van der Waals surface area contributed by atoms with Crippen LogP contribution in [0.1, 0.15) is 44.4 Å². The molecule has 1 atom stereocenters. The van der Waals surface area contributed by atoms with Gasteiger partial charge in [0, 0.05) is 18.3 Å². The van der Waals surface area contributed by atoms with Crippen molar-refractivity contribution < 1.29 is 0 Å². The van der Waals surface area contributed by atoms with Crippen molar-refractivity contribution in [2.75, 3.05) is 0 Å². The molecule has 0 aliphatic heterocycles. The smallest absolute Gasteiger partial charge is 0.268 e. The predicted octanol–water partition coefficient (Wildman–Crippen LogP) is 1.58. The first-order chi connectivity index (χ1) is 8.01. The van der Waals surface area contributed by atoms with Crippen LogP contribution in [0.4, 0.5) is 0 Å². The first-order valence-corrected chi connectivity index (χ1v) is 5.90. The molecule has 92 valence electrons. The number of nitrogens with zero attached hydrogens (tertiary/aromatic N) is 2. The van der Waals surface area contributed by atoms with Gasteiger partial charge in [-0.3, -0.25) is 4.79 Å². The van der Waals surface area contributed by atoms with Crippen molar-refractivity contribution >= 4 is 0 Å². The van der Waals surface area contributed by atoms with Crippen LogP contribution in [0.2, 0.25) is 0 Å². The first kappa shape index (κ1) is 13.5.